The molecule has 6 nitrogen and oxygen atoms in total. The first kappa shape index (κ1) is 19.3. The van der Waals surface area contributed by atoms with Crippen molar-refractivity contribution in [1.29, 1.82) is 0 Å². The molecule has 28 heavy (non-hydrogen) atoms. The smallest absolute Gasteiger partial charge is 0.250 e. The average Bonchev–Trinajstić information content (AvgIpc) is 2.70. The minimum atomic E-state index is -0.742. The third kappa shape index (κ3) is 4.35. The van der Waals surface area contributed by atoms with Crippen molar-refractivity contribution in [3.8, 4) is 0 Å². The van der Waals surface area contributed by atoms with Crippen molar-refractivity contribution in [3.63, 3.8) is 0 Å². The van der Waals surface area contributed by atoms with Gasteiger partial charge in [0.2, 0.25) is 0 Å². The summed E-state index contributed by atoms with van der Waals surface area (Å²) in [6.45, 7) is 4.68. The number of amides is 1. The van der Waals surface area contributed by atoms with Gasteiger partial charge < -0.3 is 20.5 Å². The SMILES string of the molecule is NC(=O)c1cccc2ccc(CC3(O)CCN(CC4CCOCC4)CC3)nc12. The molecule has 0 unspecified atom stereocenters. The van der Waals surface area contributed by atoms with Crippen molar-refractivity contribution in [2.45, 2.75) is 37.7 Å². The van der Waals surface area contributed by atoms with E-state index in [2.05, 4.69) is 9.88 Å². The van der Waals surface area contributed by atoms with Gasteiger partial charge in [-0.2, -0.15) is 0 Å². The van der Waals surface area contributed by atoms with Crippen molar-refractivity contribution in [1.82, 2.24) is 9.88 Å². The zero-order chi connectivity index (χ0) is 19.6. The summed E-state index contributed by atoms with van der Waals surface area (Å²) in [5, 5.41) is 12.0. The highest BCUT2D eigenvalue weighted by Crippen LogP contribution is 2.28. The first-order valence-electron chi connectivity index (χ1n) is 10.2. The molecule has 1 aromatic carbocycles. The van der Waals surface area contributed by atoms with Crippen LogP contribution in [0.3, 0.4) is 0 Å². The summed E-state index contributed by atoms with van der Waals surface area (Å²) >= 11 is 0. The number of nitrogens with zero attached hydrogens (tertiary/aromatic N) is 2. The molecule has 2 aliphatic heterocycles. The third-order valence-corrected chi connectivity index (χ3v) is 6.20. The molecule has 2 fully saturated rings. The van der Waals surface area contributed by atoms with Gasteiger partial charge in [-0.25, -0.2) is 0 Å². The maximum atomic E-state index is 11.7. The average molecular weight is 383 g/mol. The van der Waals surface area contributed by atoms with E-state index in [1.165, 1.54) is 0 Å². The van der Waals surface area contributed by atoms with Gasteiger partial charge in [0.25, 0.3) is 5.91 Å². The maximum Gasteiger partial charge on any atom is 0.250 e. The van der Waals surface area contributed by atoms with Gasteiger partial charge in [0.05, 0.1) is 16.7 Å². The van der Waals surface area contributed by atoms with Gasteiger partial charge in [0.1, 0.15) is 0 Å². The molecule has 0 spiro atoms. The Kier molecular flexibility index (Phi) is 5.62. The van der Waals surface area contributed by atoms with Crippen LogP contribution in [0.1, 0.15) is 41.7 Å². The van der Waals surface area contributed by atoms with E-state index in [9.17, 15) is 9.90 Å². The Hall–Kier alpha value is -2.02. The van der Waals surface area contributed by atoms with E-state index >= 15 is 0 Å². The zero-order valence-corrected chi connectivity index (χ0v) is 16.3. The minimum absolute atomic E-state index is 0.428. The van der Waals surface area contributed by atoms with Crippen molar-refractivity contribution in [3.05, 3.63) is 41.6 Å². The summed E-state index contributed by atoms with van der Waals surface area (Å²) < 4.78 is 5.45. The monoisotopic (exact) mass is 383 g/mol. The molecule has 1 aromatic heterocycles. The van der Waals surface area contributed by atoms with E-state index in [0.717, 1.165) is 69.6 Å². The lowest BCUT2D eigenvalue weighted by Crippen LogP contribution is -2.47. The van der Waals surface area contributed by atoms with Gasteiger partial charge in [-0.1, -0.05) is 18.2 Å². The summed E-state index contributed by atoms with van der Waals surface area (Å²) in [5.74, 6) is 0.240. The lowest BCUT2D eigenvalue weighted by atomic mass is 9.86. The van der Waals surface area contributed by atoms with Crippen molar-refractivity contribution < 1.29 is 14.6 Å². The Morgan fingerprint density at radius 2 is 1.96 bits per heavy atom. The topological polar surface area (TPSA) is 88.7 Å². The second kappa shape index (κ2) is 8.15. The molecule has 2 saturated heterocycles. The molecule has 3 heterocycles. The van der Waals surface area contributed by atoms with Gasteiger partial charge in [-0.15, -0.1) is 0 Å². The van der Waals surface area contributed by atoms with Crippen LogP contribution in [0.2, 0.25) is 0 Å². The van der Waals surface area contributed by atoms with Crippen LogP contribution in [-0.4, -0.2) is 59.3 Å². The van der Waals surface area contributed by atoms with E-state index in [4.69, 9.17) is 10.5 Å². The fourth-order valence-electron chi connectivity index (χ4n) is 4.44. The Labute approximate surface area is 165 Å². The number of hydrogen-bond acceptors (Lipinski definition) is 5. The molecule has 0 aliphatic carbocycles. The number of benzene rings is 1. The molecule has 0 saturated carbocycles. The highest BCUT2D eigenvalue weighted by molar-refractivity contribution is 6.04. The first-order valence-corrected chi connectivity index (χ1v) is 10.2. The number of aromatic nitrogens is 1. The predicted molar refractivity (Wildman–Crippen MR) is 108 cm³/mol. The quantitative estimate of drug-likeness (QED) is 0.826. The summed E-state index contributed by atoms with van der Waals surface area (Å²) in [5.41, 5.74) is 6.60. The molecule has 0 bridgehead atoms. The normalized spacial score (nSPS) is 21.0. The molecular weight excluding hydrogens is 354 g/mol. The summed E-state index contributed by atoms with van der Waals surface area (Å²) in [7, 11) is 0. The number of likely N-dealkylation sites (tertiary alicyclic amines) is 1. The molecule has 2 aliphatic rings. The number of pyridine rings is 1. The van der Waals surface area contributed by atoms with Crippen LogP contribution < -0.4 is 5.73 Å². The number of hydrogen-bond donors (Lipinski definition) is 2. The summed E-state index contributed by atoms with van der Waals surface area (Å²) in [6, 6.07) is 9.33. The number of carbonyl (C=O) groups is 1. The Morgan fingerprint density at radius 1 is 1.21 bits per heavy atom. The third-order valence-electron chi connectivity index (χ3n) is 6.20. The minimum Gasteiger partial charge on any atom is -0.389 e. The van der Waals surface area contributed by atoms with Crippen LogP contribution in [0.25, 0.3) is 10.9 Å². The van der Waals surface area contributed by atoms with Gasteiger partial charge >= 0.3 is 0 Å². The number of piperidine rings is 1. The lowest BCUT2D eigenvalue weighted by Gasteiger charge is -2.40. The van der Waals surface area contributed by atoms with Crippen LogP contribution in [0, 0.1) is 5.92 Å². The Balaban J connectivity index is 1.41. The van der Waals surface area contributed by atoms with E-state index in [1.807, 2.05) is 24.3 Å². The van der Waals surface area contributed by atoms with Crippen LogP contribution in [0.5, 0.6) is 0 Å². The van der Waals surface area contributed by atoms with Crippen LogP contribution in [-0.2, 0) is 11.2 Å². The fourth-order valence-corrected chi connectivity index (χ4v) is 4.44. The number of para-hydroxylation sites is 1. The van der Waals surface area contributed by atoms with Crippen molar-refractivity contribution in [2.75, 3.05) is 32.8 Å². The van der Waals surface area contributed by atoms with Gasteiger partial charge in [0, 0.05) is 50.3 Å². The van der Waals surface area contributed by atoms with Gasteiger partial charge in [-0.05, 0) is 43.7 Å². The molecule has 4 rings (SSSR count). The highest BCUT2D eigenvalue weighted by Gasteiger charge is 2.33. The number of fused-ring (bicyclic) bond motifs is 1. The zero-order valence-electron chi connectivity index (χ0n) is 16.3. The molecule has 3 N–H and O–H groups in total. The van der Waals surface area contributed by atoms with Crippen LogP contribution in [0.15, 0.2) is 30.3 Å². The number of ether oxygens (including phenoxy) is 1. The number of carbonyl (C=O) groups excluding carboxylic acids is 1. The molecule has 150 valence electrons. The van der Waals surface area contributed by atoms with Crippen LogP contribution >= 0.6 is 0 Å². The first-order chi connectivity index (χ1) is 13.5. The molecule has 0 atom stereocenters. The molecule has 6 heteroatoms. The standard InChI is InChI=1S/C22H29N3O3/c23-21(26)19-3-1-2-17-4-5-18(24-20(17)19)14-22(27)8-10-25(11-9-22)15-16-6-12-28-13-7-16/h1-5,16,27H,6-15H2,(H2,23,26). The van der Waals surface area contributed by atoms with E-state index < -0.39 is 11.5 Å². The number of aliphatic hydroxyl groups is 1. The van der Waals surface area contributed by atoms with Crippen molar-refractivity contribution in [2.24, 2.45) is 11.7 Å². The maximum absolute atomic E-state index is 11.7. The van der Waals surface area contributed by atoms with Gasteiger partial charge in [-0.3, -0.25) is 9.78 Å². The molecule has 0 radical (unpaired) electrons. The summed E-state index contributed by atoms with van der Waals surface area (Å²) in [6.07, 6.45) is 4.27. The molecular formula is C22H29N3O3. The Bertz CT molecular complexity index is 840. The van der Waals surface area contributed by atoms with Crippen LogP contribution in [0.4, 0.5) is 0 Å². The number of rotatable bonds is 5. The van der Waals surface area contributed by atoms with E-state index in [1.54, 1.807) is 6.07 Å². The molecule has 2 aromatic rings. The summed E-state index contributed by atoms with van der Waals surface area (Å²) in [4.78, 5) is 18.8. The van der Waals surface area contributed by atoms with Crippen molar-refractivity contribution >= 4 is 16.8 Å². The highest BCUT2D eigenvalue weighted by atomic mass is 16.5. The van der Waals surface area contributed by atoms with E-state index in [-0.39, 0.29) is 0 Å². The second-order valence-electron chi connectivity index (χ2n) is 8.30. The second-order valence-corrected chi connectivity index (χ2v) is 8.30. The predicted octanol–water partition coefficient (Wildman–Crippen LogP) is 2.13. The number of nitrogens with two attached hydrogens (primary N) is 1. The fraction of sp³-hybridized carbons (Fsp3) is 0.545. The van der Waals surface area contributed by atoms with Gasteiger partial charge in [0.15, 0.2) is 0 Å². The largest absolute Gasteiger partial charge is 0.389 e. The van der Waals surface area contributed by atoms with E-state index in [0.29, 0.717) is 23.4 Å². The Morgan fingerprint density at radius 3 is 2.68 bits per heavy atom. The lowest BCUT2D eigenvalue weighted by molar-refractivity contribution is -0.0294. The molecule has 1 amide bonds. The number of primary amides is 1.